The van der Waals surface area contributed by atoms with Crippen molar-refractivity contribution in [1.29, 1.82) is 0 Å². The zero-order chi connectivity index (χ0) is 14.1. The SMILES string of the molecule is C=CCCCCCC(NCC)c1cccc(Cl)c1Cl. The number of allylic oxidation sites excluding steroid dienone is 1. The highest BCUT2D eigenvalue weighted by molar-refractivity contribution is 6.42. The standard InChI is InChI=1S/C16H23Cl2N/c1-3-5-6-7-8-12-15(19-4-2)13-10-9-11-14(17)16(13)18/h3,9-11,15,19H,1,4-8,12H2,2H3. The number of hydrogen-bond donors (Lipinski definition) is 1. The van der Waals surface area contributed by atoms with Crippen molar-refractivity contribution in [1.82, 2.24) is 5.32 Å². The number of rotatable bonds is 9. The van der Waals surface area contributed by atoms with Crippen molar-refractivity contribution in [3.63, 3.8) is 0 Å². The summed E-state index contributed by atoms with van der Waals surface area (Å²) >= 11 is 12.4. The summed E-state index contributed by atoms with van der Waals surface area (Å²) in [5, 5.41) is 4.81. The van der Waals surface area contributed by atoms with Gasteiger partial charge in [0, 0.05) is 6.04 Å². The molecular formula is C16H23Cl2N. The average Bonchev–Trinajstić information content (AvgIpc) is 2.41. The van der Waals surface area contributed by atoms with Gasteiger partial charge in [0.15, 0.2) is 0 Å². The summed E-state index contributed by atoms with van der Waals surface area (Å²) in [4.78, 5) is 0. The van der Waals surface area contributed by atoms with Gasteiger partial charge in [0.25, 0.3) is 0 Å². The van der Waals surface area contributed by atoms with Gasteiger partial charge in [0.1, 0.15) is 0 Å². The van der Waals surface area contributed by atoms with Crippen LogP contribution in [0, 0.1) is 0 Å². The molecule has 1 nitrogen and oxygen atoms in total. The molecule has 1 atom stereocenters. The lowest BCUT2D eigenvalue weighted by atomic mass is 9.99. The van der Waals surface area contributed by atoms with Gasteiger partial charge in [-0.05, 0) is 37.4 Å². The third-order valence-electron chi connectivity index (χ3n) is 3.21. The van der Waals surface area contributed by atoms with Crippen LogP contribution in [-0.2, 0) is 0 Å². The van der Waals surface area contributed by atoms with E-state index in [0.29, 0.717) is 16.1 Å². The van der Waals surface area contributed by atoms with E-state index in [2.05, 4.69) is 24.9 Å². The van der Waals surface area contributed by atoms with Gasteiger partial charge in [-0.2, -0.15) is 0 Å². The molecule has 0 aliphatic carbocycles. The van der Waals surface area contributed by atoms with Gasteiger partial charge in [-0.25, -0.2) is 0 Å². The number of nitrogens with one attached hydrogen (secondary N) is 1. The summed E-state index contributed by atoms with van der Waals surface area (Å²) in [6, 6.07) is 6.15. The Morgan fingerprint density at radius 1 is 1.26 bits per heavy atom. The van der Waals surface area contributed by atoms with Crippen LogP contribution in [0.2, 0.25) is 10.0 Å². The van der Waals surface area contributed by atoms with Gasteiger partial charge in [0.05, 0.1) is 10.0 Å². The van der Waals surface area contributed by atoms with Crippen molar-refractivity contribution in [2.24, 2.45) is 0 Å². The van der Waals surface area contributed by atoms with Crippen LogP contribution >= 0.6 is 23.2 Å². The molecule has 1 unspecified atom stereocenters. The zero-order valence-corrected chi connectivity index (χ0v) is 13.1. The second-order valence-electron chi connectivity index (χ2n) is 4.68. The molecule has 0 bridgehead atoms. The van der Waals surface area contributed by atoms with Crippen molar-refractivity contribution < 1.29 is 0 Å². The van der Waals surface area contributed by atoms with E-state index >= 15 is 0 Å². The van der Waals surface area contributed by atoms with Crippen molar-refractivity contribution >= 4 is 23.2 Å². The Morgan fingerprint density at radius 2 is 2.05 bits per heavy atom. The maximum absolute atomic E-state index is 6.30. The minimum absolute atomic E-state index is 0.292. The summed E-state index contributed by atoms with van der Waals surface area (Å²) in [6.07, 6.45) is 7.80. The van der Waals surface area contributed by atoms with Crippen LogP contribution in [0.5, 0.6) is 0 Å². The average molecular weight is 300 g/mol. The van der Waals surface area contributed by atoms with Crippen LogP contribution in [0.3, 0.4) is 0 Å². The topological polar surface area (TPSA) is 12.0 Å². The minimum atomic E-state index is 0.292. The third-order valence-corrected chi connectivity index (χ3v) is 4.04. The first-order chi connectivity index (χ1) is 9.20. The van der Waals surface area contributed by atoms with Crippen molar-refractivity contribution in [2.75, 3.05) is 6.54 Å². The molecule has 0 amide bonds. The van der Waals surface area contributed by atoms with Crippen LogP contribution in [-0.4, -0.2) is 6.54 Å². The molecule has 0 fully saturated rings. The molecule has 1 N–H and O–H groups in total. The van der Waals surface area contributed by atoms with Gasteiger partial charge >= 0.3 is 0 Å². The van der Waals surface area contributed by atoms with Gasteiger partial charge in [-0.15, -0.1) is 6.58 Å². The molecule has 0 heterocycles. The number of benzene rings is 1. The molecule has 0 spiro atoms. The Bertz CT molecular complexity index is 390. The Balaban J connectivity index is 2.60. The molecule has 0 aromatic heterocycles. The lowest BCUT2D eigenvalue weighted by molar-refractivity contribution is 0.484. The number of hydrogen-bond acceptors (Lipinski definition) is 1. The molecule has 1 aromatic rings. The highest BCUT2D eigenvalue weighted by Gasteiger charge is 2.14. The molecule has 106 valence electrons. The maximum Gasteiger partial charge on any atom is 0.0640 e. The number of unbranched alkanes of at least 4 members (excludes halogenated alkanes) is 3. The predicted molar refractivity (Wildman–Crippen MR) is 86.2 cm³/mol. The van der Waals surface area contributed by atoms with E-state index in [0.717, 1.165) is 24.9 Å². The first-order valence-corrected chi connectivity index (χ1v) is 7.74. The summed E-state index contributed by atoms with van der Waals surface area (Å²) in [5.41, 5.74) is 1.11. The summed E-state index contributed by atoms with van der Waals surface area (Å²) in [7, 11) is 0. The van der Waals surface area contributed by atoms with Crippen LogP contribution in [0.4, 0.5) is 0 Å². The van der Waals surface area contributed by atoms with Crippen molar-refractivity contribution in [3.8, 4) is 0 Å². The summed E-state index contributed by atoms with van der Waals surface area (Å²) in [5.74, 6) is 0. The summed E-state index contributed by atoms with van der Waals surface area (Å²) < 4.78 is 0. The zero-order valence-electron chi connectivity index (χ0n) is 11.6. The number of halogens is 2. The van der Waals surface area contributed by atoms with E-state index in [1.807, 2.05) is 18.2 Å². The molecule has 0 aliphatic heterocycles. The van der Waals surface area contributed by atoms with Crippen LogP contribution in [0.25, 0.3) is 0 Å². The van der Waals surface area contributed by atoms with Crippen molar-refractivity contribution in [2.45, 2.75) is 45.1 Å². The maximum atomic E-state index is 6.30. The molecule has 1 rings (SSSR count). The van der Waals surface area contributed by atoms with Crippen LogP contribution in [0.15, 0.2) is 30.9 Å². The fourth-order valence-electron chi connectivity index (χ4n) is 2.22. The van der Waals surface area contributed by atoms with Gasteiger partial charge in [0.2, 0.25) is 0 Å². The van der Waals surface area contributed by atoms with E-state index in [4.69, 9.17) is 23.2 Å². The van der Waals surface area contributed by atoms with Gasteiger partial charge < -0.3 is 5.32 Å². The van der Waals surface area contributed by atoms with Crippen LogP contribution in [0.1, 0.15) is 50.6 Å². The smallest absolute Gasteiger partial charge is 0.0640 e. The van der Waals surface area contributed by atoms with E-state index in [1.54, 1.807) is 0 Å². The Kier molecular flexibility index (Phi) is 8.20. The molecule has 3 heteroatoms. The molecular weight excluding hydrogens is 277 g/mol. The fraction of sp³-hybridized carbons (Fsp3) is 0.500. The van der Waals surface area contributed by atoms with E-state index < -0.39 is 0 Å². The van der Waals surface area contributed by atoms with Crippen LogP contribution < -0.4 is 5.32 Å². The largest absolute Gasteiger partial charge is 0.310 e. The molecule has 0 saturated heterocycles. The fourth-order valence-corrected chi connectivity index (χ4v) is 2.66. The highest BCUT2D eigenvalue weighted by atomic mass is 35.5. The molecule has 0 aliphatic rings. The van der Waals surface area contributed by atoms with Crippen molar-refractivity contribution in [3.05, 3.63) is 46.5 Å². The quantitative estimate of drug-likeness (QED) is 0.450. The highest BCUT2D eigenvalue weighted by Crippen LogP contribution is 2.32. The lowest BCUT2D eigenvalue weighted by Crippen LogP contribution is -2.21. The second-order valence-corrected chi connectivity index (χ2v) is 5.47. The van der Waals surface area contributed by atoms with Gasteiger partial charge in [-0.3, -0.25) is 0 Å². The normalized spacial score (nSPS) is 12.4. The Morgan fingerprint density at radius 3 is 2.74 bits per heavy atom. The summed E-state index contributed by atoms with van der Waals surface area (Å²) in [6.45, 7) is 6.79. The minimum Gasteiger partial charge on any atom is -0.310 e. The van der Waals surface area contributed by atoms with Gasteiger partial charge in [-0.1, -0.05) is 61.2 Å². The molecule has 1 aromatic carbocycles. The first kappa shape index (κ1) is 16.6. The first-order valence-electron chi connectivity index (χ1n) is 6.98. The van der Waals surface area contributed by atoms with E-state index in [-0.39, 0.29) is 0 Å². The molecule has 0 radical (unpaired) electrons. The molecule has 19 heavy (non-hydrogen) atoms. The second kappa shape index (κ2) is 9.41. The predicted octanol–water partition coefficient (Wildman–Crippen LogP) is 5.78. The molecule has 0 saturated carbocycles. The van der Waals surface area contributed by atoms with E-state index in [1.165, 1.54) is 19.3 Å². The lowest BCUT2D eigenvalue weighted by Gasteiger charge is -2.20. The Hall–Kier alpha value is -0.500. The van der Waals surface area contributed by atoms with E-state index in [9.17, 15) is 0 Å². The Labute approximate surface area is 127 Å². The third kappa shape index (κ3) is 5.56. The monoisotopic (exact) mass is 299 g/mol.